The summed E-state index contributed by atoms with van der Waals surface area (Å²) in [6, 6.07) is 10.4. The van der Waals surface area contributed by atoms with Gasteiger partial charge in [0.1, 0.15) is 17.6 Å². The first-order chi connectivity index (χ1) is 18.0. The Hall–Kier alpha value is -3.40. The lowest BCUT2D eigenvalue weighted by atomic mass is 9.95. The first kappa shape index (κ1) is 25.3. The van der Waals surface area contributed by atoms with Crippen molar-refractivity contribution in [1.82, 2.24) is 15.5 Å². The maximum absolute atomic E-state index is 13.5. The summed E-state index contributed by atoms with van der Waals surface area (Å²) in [5, 5.41) is 6.01. The summed E-state index contributed by atoms with van der Waals surface area (Å²) in [7, 11) is 0. The smallest absolute Gasteiger partial charge is 0.259 e. The van der Waals surface area contributed by atoms with Crippen LogP contribution in [0.25, 0.3) is 0 Å². The summed E-state index contributed by atoms with van der Waals surface area (Å²) in [4.78, 5) is 50.1. The average molecular weight is 522 g/mol. The van der Waals surface area contributed by atoms with E-state index in [1.807, 2.05) is 31.2 Å². The van der Waals surface area contributed by atoms with E-state index in [0.29, 0.717) is 28.9 Å². The molecule has 3 aliphatic rings. The Balaban J connectivity index is 1.32. The summed E-state index contributed by atoms with van der Waals surface area (Å²) in [5.41, 5.74) is 1.43. The van der Waals surface area contributed by atoms with Crippen LogP contribution in [-0.4, -0.2) is 51.0 Å². The fourth-order valence-electron chi connectivity index (χ4n) is 4.85. The monoisotopic (exact) mass is 521 g/mol. The predicted molar refractivity (Wildman–Crippen MR) is 143 cm³/mol. The molecular weight excluding hydrogens is 490 g/mol. The van der Waals surface area contributed by atoms with Crippen LogP contribution >= 0.6 is 11.8 Å². The Morgan fingerprint density at radius 1 is 1.16 bits per heavy atom. The number of para-hydroxylation sites is 1. The number of amides is 3. The molecule has 2 aromatic rings. The second-order valence-electron chi connectivity index (χ2n) is 9.47. The minimum Gasteiger partial charge on any atom is -0.467 e. The van der Waals surface area contributed by atoms with Gasteiger partial charge in [0.15, 0.2) is 5.17 Å². The first-order valence-electron chi connectivity index (χ1n) is 12.9. The van der Waals surface area contributed by atoms with Crippen molar-refractivity contribution in [3.8, 4) is 0 Å². The predicted octanol–water partition coefficient (Wildman–Crippen LogP) is 3.91. The van der Waals surface area contributed by atoms with Gasteiger partial charge in [-0.3, -0.25) is 19.4 Å². The maximum Gasteiger partial charge on any atom is 0.259 e. The fraction of sp³-hybridized carbons (Fsp3) is 0.444. The number of thioether (sulfide) groups is 1. The molecule has 0 radical (unpaired) electrons. The molecule has 1 aliphatic carbocycles. The minimum atomic E-state index is -0.861. The number of hydrogen-bond acceptors (Lipinski definition) is 7. The van der Waals surface area contributed by atoms with Gasteiger partial charge in [-0.15, -0.1) is 0 Å². The Labute approximate surface area is 220 Å². The third-order valence-electron chi connectivity index (χ3n) is 6.83. The van der Waals surface area contributed by atoms with E-state index < -0.39 is 11.3 Å². The SMILES string of the molecule is CC[C@H](SC1=Nc2ccccc2C2=N[C@@H](CC(=O)NCc3ccco3)C(=O)N12)C(=O)NC1CCCCC1. The van der Waals surface area contributed by atoms with Crippen molar-refractivity contribution in [2.75, 3.05) is 0 Å². The summed E-state index contributed by atoms with van der Waals surface area (Å²) < 4.78 is 5.25. The second-order valence-corrected chi connectivity index (χ2v) is 10.6. The van der Waals surface area contributed by atoms with Crippen molar-refractivity contribution >= 4 is 46.2 Å². The van der Waals surface area contributed by atoms with E-state index in [0.717, 1.165) is 31.2 Å². The number of carbonyl (C=O) groups excluding carboxylic acids is 3. The van der Waals surface area contributed by atoms with Crippen molar-refractivity contribution < 1.29 is 18.8 Å². The lowest BCUT2D eigenvalue weighted by molar-refractivity contribution is -0.128. The number of furan rings is 1. The van der Waals surface area contributed by atoms with E-state index in [1.165, 1.54) is 23.1 Å². The highest BCUT2D eigenvalue weighted by atomic mass is 32.2. The topological polar surface area (TPSA) is 116 Å². The molecule has 0 saturated heterocycles. The molecule has 2 N–H and O–H groups in total. The minimum absolute atomic E-state index is 0.0278. The molecule has 37 heavy (non-hydrogen) atoms. The van der Waals surface area contributed by atoms with Gasteiger partial charge in [0.05, 0.1) is 30.2 Å². The summed E-state index contributed by atoms with van der Waals surface area (Å²) in [6.07, 6.45) is 7.55. The molecule has 10 heteroatoms. The molecule has 0 unspecified atom stereocenters. The number of nitrogens with zero attached hydrogens (tertiary/aromatic N) is 3. The summed E-state index contributed by atoms with van der Waals surface area (Å²) in [5.74, 6) is 0.472. The Morgan fingerprint density at radius 2 is 1.97 bits per heavy atom. The van der Waals surface area contributed by atoms with Gasteiger partial charge >= 0.3 is 0 Å². The van der Waals surface area contributed by atoms with Crippen molar-refractivity contribution in [3.63, 3.8) is 0 Å². The highest BCUT2D eigenvalue weighted by Crippen LogP contribution is 2.35. The van der Waals surface area contributed by atoms with Crippen LogP contribution in [0.5, 0.6) is 0 Å². The van der Waals surface area contributed by atoms with Crippen LogP contribution in [0.2, 0.25) is 0 Å². The zero-order valence-electron chi connectivity index (χ0n) is 20.8. The molecule has 5 rings (SSSR count). The molecule has 3 amide bonds. The van der Waals surface area contributed by atoms with E-state index in [1.54, 1.807) is 18.4 Å². The van der Waals surface area contributed by atoms with Gasteiger partial charge in [-0.05, 0) is 43.5 Å². The molecule has 1 fully saturated rings. The molecule has 9 nitrogen and oxygen atoms in total. The van der Waals surface area contributed by atoms with Crippen molar-refractivity contribution in [3.05, 3.63) is 54.0 Å². The van der Waals surface area contributed by atoms with Gasteiger partial charge in [-0.25, -0.2) is 9.89 Å². The number of amidine groups is 2. The van der Waals surface area contributed by atoms with E-state index >= 15 is 0 Å². The zero-order valence-corrected chi connectivity index (χ0v) is 21.6. The van der Waals surface area contributed by atoms with E-state index in [2.05, 4.69) is 15.6 Å². The lowest BCUT2D eigenvalue weighted by Gasteiger charge is -2.29. The standard InChI is InChI=1S/C27H31N5O4S/c1-2-22(25(34)29-17-9-4-3-5-10-17)37-27-31-20-13-7-6-12-19(20)24-30-21(26(35)32(24)27)15-23(33)28-16-18-11-8-14-36-18/h6-8,11-14,17,21-22H,2-5,9-10,15-16H2,1H3,(H,28,33)(H,29,34)/t21-,22-/m0/s1. The number of rotatable bonds is 8. The fourth-order valence-corrected chi connectivity index (χ4v) is 5.88. The third kappa shape index (κ3) is 5.64. The van der Waals surface area contributed by atoms with Crippen LogP contribution in [0.3, 0.4) is 0 Å². The largest absolute Gasteiger partial charge is 0.467 e. The summed E-state index contributed by atoms with van der Waals surface area (Å²) >= 11 is 1.28. The molecule has 3 heterocycles. The molecule has 0 spiro atoms. The normalized spacial score (nSPS) is 20.0. The van der Waals surface area contributed by atoms with E-state index in [9.17, 15) is 14.4 Å². The molecule has 2 aliphatic heterocycles. The number of carbonyl (C=O) groups is 3. The molecule has 1 aromatic heterocycles. The highest BCUT2D eigenvalue weighted by Gasteiger charge is 2.43. The number of aliphatic imine (C=N–C) groups is 2. The number of nitrogens with one attached hydrogen (secondary N) is 2. The number of fused-ring (bicyclic) bond motifs is 3. The Kier molecular flexibility index (Phi) is 7.73. The van der Waals surface area contributed by atoms with Crippen LogP contribution in [-0.2, 0) is 20.9 Å². The van der Waals surface area contributed by atoms with Gasteiger partial charge in [-0.1, -0.05) is 50.1 Å². The van der Waals surface area contributed by atoms with Gasteiger partial charge in [0, 0.05) is 11.6 Å². The molecule has 1 aromatic carbocycles. The first-order valence-corrected chi connectivity index (χ1v) is 13.8. The van der Waals surface area contributed by atoms with Crippen LogP contribution in [0, 0.1) is 0 Å². The lowest BCUT2D eigenvalue weighted by Crippen LogP contribution is -2.45. The molecule has 0 bridgehead atoms. The van der Waals surface area contributed by atoms with Crippen molar-refractivity contribution in [2.45, 2.75) is 75.7 Å². The molecule has 194 valence electrons. The molecule has 1 saturated carbocycles. The molecular formula is C27H31N5O4S. The Morgan fingerprint density at radius 3 is 2.73 bits per heavy atom. The van der Waals surface area contributed by atoms with Crippen LogP contribution in [0.15, 0.2) is 57.1 Å². The van der Waals surface area contributed by atoms with Gasteiger partial charge in [0.25, 0.3) is 5.91 Å². The van der Waals surface area contributed by atoms with Crippen molar-refractivity contribution in [1.29, 1.82) is 0 Å². The van der Waals surface area contributed by atoms with Gasteiger partial charge in [0.2, 0.25) is 11.8 Å². The summed E-state index contributed by atoms with van der Waals surface area (Å²) in [6.45, 7) is 2.20. The maximum atomic E-state index is 13.5. The van der Waals surface area contributed by atoms with Gasteiger partial charge in [-0.2, -0.15) is 0 Å². The second kappa shape index (κ2) is 11.3. The van der Waals surface area contributed by atoms with Gasteiger partial charge < -0.3 is 15.1 Å². The van der Waals surface area contributed by atoms with Crippen LogP contribution < -0.4 is 10.6 Å². The quantitative estimate of drug-likeness (QED) is 0.546. The van der Waals surface area contributed by atoms with E-state index in [4.69, 9.17) is 9.41 Å². The van der Waals surface area contributed by atoms with Crippen LogP contribution in [0.1, 0.15) is 63.2 Å². The Bertz CT molecular complexity index is 1220. The average Bonchev–Trinajstić information content (AvgIpc) is 3.55. The highest BCUT2D eigenvalue weighted by molar-refractivity contribution is 8.15. The van der Waals surface area contributed by atoms with Crippen LogP contribution in [0.4, 0.5) is 5.69 Å². The third-order valence-corrected chi connectivity index (χ3v) is 8.15. The van der Waals surface area contributed by atoms with E-state index in [-0.39, 0.29) is 36.7 Å². The number of hydrogen-bond donors (Lipinski definition) is 2. The number of benzene rings is 1. The zero-order chi connectivity index (χ0) is 25.8. The van der Waals surface area contributed by atoms with Crippen molar-refractivity contribution in [2.24, 2.45) is 9.98 Å². The molecule has 2 atom stereocenters.